The first-order valence-corrected chi connectivity index (χ1v) is 11.9. The van der Waals surface area contributed by atoms with Crippen molar-refractivity contribution in [1.29, 1.82) is 0 Å². The van der Waals surface area contributed by atoms with Gasteiger partial charge in [-0.05, 0) is 56.2 Å². The molecule has 0 fully saturated rings. The molecule has 0 saturated carbocycles. The Hall–Kier alpha value is -2.31. The number of rotatable bonds is 12. The van der Waals surface area contributed by atoms with Crippen LogP contribution < -0.4 is 39.6 Å². The fraction of sp³-hybridized carbons (Fsp3) is 0.364. The minimum Gasteiger partial charge on any atom is -1.00 e. The molecule has 12 heteroatoms. The monoisotopic (exact) mass is 501 g/mol. The predicted octanol–water partition coefficient (Wildman–Crippen LogP) is -0.960. The van der Waals surface area contributed by atoms with Gasteiger partial charge in [-0.1, -0.05) is 6.92 Å². The summed E-state index contributed by atoms with van der Waals surface area (Å²) in [4.78, 5) is 39.9. The molecular weight excluding hydrogens is 473 g/mol. The van der Waals surface area contributed by atoms with Crippen LogP contribution in [-0.2, 0) is 19.5 Å². The number of benzene rings is 1. The fourth-order valence-corrected chi connectivity index (χ4v) is 3.54. The molecule has 0 radical (unpaired) electrons. The van der Waals surface area contributed by atoms with E-state index < -0.39 is 21.9 Å². The Labute approximate surface area is 222 Å². The van der Waals surface area contributed by atoms with Crippen LogP contribution in [0.5, 0.6) is 0 Å². The second-order valence-corrected chi connectivity index (χ2v) is 8.52. The first kappa shape index (κ1) is 29.7. The number of hydrogen-bond acceptors (Lipinski definition) is 8. The van der Waals surface area contributed by atoms with Crippen LogP contribution in [0.3, 0.4) is 0 Å². The average Bonchev–Trinajstić information content (AvgIpc) is 2.82. The van der Waals surface area contributed by atoms with Crippen LogP contribution in [0.1, 0.15) is 59.3 Å². The molecule has 0 aliphatic rings. The van der Waals surface area contributed by atoms with E-state index in [4.69, 9.17) is 9.47 Å². The molecule has 0 saturated heterocycles. The van der Waals surface area contributed by atoms with Crippen LogP contribution in [0.15, 0.2) is 47.5 Å². The molecule has 0 unspecified atom stereocenters. The number of esters is 1. The van der Waals surface area contributed by atoms with E-state index in [1.165, 1.54) is 36.4 Å². The van der Waals surface area contributed by atoms with Gasteiger partial charge in [0.15, 0.2) is 0 Å². The van der Waals surface area contributed by atoms with Crippen LogP contribution in [0.2, 0.25) is 0 Å². The van der Waals surface area contributed by atoms with Crippen LogP contribution in [-0.4, -0.2) is 57.6 Å². The molecule has 1 aromatic carbocycles. The van der Waals surface area contributed by atoms with Crippen LogP contribution in [0.25, 0.3) is 0 Å². The van der Waals surface area contributed by atoms with Crippen LogP contribution in [0.4, 0.5) is 0 Å². The summed E-state index contributed by atoms with van der Waals surface area (Å²) in [7, 11) is -4.18. The summed E-state index contributed by atoms with van der Waals surface area (Å²) in [6.45, 7) is 5.55. The third-order valence-electron chi connectivity index (χ3n) is 4.28. The Bertz CT molecular complexity index is 1070. The summed E-state index contributed by atoms with van der Waals surface area (Å²) in [5.74, 6) is -1.88. The summed E-state index contributed by atoms with van der Waals surface area (Å²) < 4.78 is 37.1. The van der Waals surface area contributed by atoms with Crippen molar-refractivity contribution in [3.8, 4) is 0 Å². The number of ether oxygens (including phenoxy) is 2. The van der Waals surface area contributed by atoms with E-state index in [2.05, 4.69) is 10.3 Å². The van der Waals surface area contributed by atoms with Crippen molar-refractivity contribution >= 4 is 27.8 Å². The summed E-state index contributed by atoms with van der Waals surface area (Å²) in [6.07, 6.45) is 2.41. The van der Waals surface area contributed by atoms with E-state index in [1.807, 2.05) is 18.6 Å². The summed E-state index contributed by atoms with van der Waals surface area (Å²) in [6, 6.07) is 7.73. The maximum Gasteiger partial charge on any atom is 1.00 e. The number of aromatic nitrogens is 1. The quantitative estimate of drug-likeness (QED) is 0.215. The van der Waals surface area contributed by atoms with Gasteiger partial charge in [0.2, 0.25) is 0 Å². The predicted molar refractivity (Wildman–Crippen MR) is 120 cm³/mol. The third-order valence-corrected chi connectivity index (χ3v) is 5.63. The van der Waals surface area contributed by atoms with Crippen molar-refractivity contribution in [2.24, 2.45) is 0 Å². The number of pyridine rings is 1. The van der Waals surface area contributed by atoms with Gasteiger partial charge in [-0.15, -0.1) is 0 Å². The van der Waals surface area contributed by atoms with Crippen molar-refractivity contribution in [2.45, 2.75) is 31.6 Å². The van der Waals surface area contributed by atoms with Crippen LogP contribution in [0, 0.1) is 0 Å². The number of amides is 2. The van der Waals surface area contributed by atoms with E-state index in [0.29, 0.717) is 32.6 Å². The van der Waals surface area contributed by atoms with E-state index in [9.17, 15) is 22.8 Å². The third kappa shape index (κ3) is 9.15. The maximum atomic E-state index is 12.5. The number of carbonyl (C=O) groups is 3. The molecule has 0 atom stereocenters. The molecule has 180 valence electrons. The molecule has 0 aliphatic carbocycles. The second-order valence-electron chi connectivity index (χ2n) is 6.83. The zero-order valence-corrected chi connectivity index (χ0v) is 22.3. The number of nitrogens with one attached hydrogen (secondary N) is 2. The van der Waals surface area contributed by atoms with E-state index in [-0.39, 0.29) is 65.2 Å². The van der Waals surface area contributed by atoms with Crippen LogP contribution >= 0.6 is 0 Å². The summed E-state index contributed by atoms with van der Waals surface area (Å²) in [5, 5.41) is 2.72. The van der Waals surface area contributed by atoms with Crippen molar-refractivity contribution in [3.63, 3.8) is 0 Å². The van der Waals surface area contributed by atoms with Crippen molar-refractivity contribution in [1.82, 2.24) is 15.0 Å². The molecule has 1 heterocycles. The van der Waals surface area contributed by atoms with Crippen molar-refractivity contribution in [3.05, 3.63) is 59.4 Å². The fourth-order valence-electron chi connectivity index (χ4n) is 2.57. The van der Waals surface area contributed by atoms with Gasteiger partial charge in [-0.3, -0.25) is 9.59 Å². The SMILES string of the molecule is CCCOC(=O)c1ccc(C(=O)NS(=O)(=O)c2ccc(C(=O)NCCCOCC)cc2)cn1.[H-].[Na+]. The molecule has 1 aromatic heterocycles. The molecule has 34 heavy (non-hydrogen) atoms. The molecule has 0 aliphatic heterocycles. The van der Waals surface area contributed by atoms with E-state index >= 15 is 0 Å². The Balaban J connectivity index is 0.00000578. The Morgan fingerprint density at radius 3 is 2.24 bits per heavy atom. The molecule has 2 aromatic rings. The number of hydrogen-bond donors (Lipinski definition) is 2. The average molecular weight is 502 g/mol. The zero-order chi connectivity index (χ0) is 24.3. The Kier molecular flexibility index (Phi) is 13.0. The van der Waals surface area contributed by atoms with Gasteiger partial charge in [0, 0.05) is 31.5 Å². The zero-order valence-electron chi connectivity index (χ0n) is 20.5. The van der Waals surface area contributed by atoms with Gasteiger partial charge in [-0.25, -0.2) is 22.9 Å². The van der Waals surface area contributed by atoms with Gasteiger partial charge in [0.1, 0.15) is 5.69 Å². The van der Waals surface area contributed by atoms with Gasteiger partial charge in [0.05, 0.1) is 17.1 Å². The summed E-state index contributed by atoms with van der Waals surface area (Å²) >= 11 is 0. The first-order chi connectivity index (χ1) is 15.8. The van der Waals surface area contributed by atoms with Gasteiger partial charge < -0.3 is 16.2 Å². The van der Waals surface area contributed by atoms with Crippen molar-refractivity contribution in [2.75, 3.05) is 26.4 Å². The normalized spacial score (nSPS) is 10.6. The number of nitrogens with zero attached hydrogens (tertiary/aromatic N) is 1. The minimum absolute atomic E-state index is 0. The maximum absolute atomic E-state index is 12.5. The Morgan fingerprint density at radius 2 is 1.65 bits per heavy atom. The summed E-state index contributed by atoms with van der Waals surface area (Å²) in [5.41, 5.74) is 0.245. The molecule has 2 amide bonds. The number of sulfonamides is 1. The topological polar surface area (TPSA) is 141 Å². The first-order valence-electron chi connectivity index (χ1n) is 10.4. The minimum atomic E-state index is -4.18. The Morgan fingerprint density at radius 1 is 0.971 bits per heavy atom. The van der Waals surface area contributed by atoms with Gasteiger partial charge in [0.25, 0.3) is 21.8 Å². The standard InChI is InChI=1S/C22H27N3O7S.Na.H/c1-3-13-32-22(28)19-11-8-17(15-24-19)21(27)25-33(29,30)18-9-6-16(7-10-18)20(26)23-12-5-14-31-4-2;;/h6-11,15H,3-5,12-14H2,1-2H3,(H,23,26)(H,25,27);;/q;+1;-1. The molecule has 0 bridgehead atoms. The molecule has 10 nitrogen and oxygen atoms in total. The largest absolute Gasteiger partial charge is 1.00 e. The molecular formula is C22H28N3NaO7S. The second kappa shape index (κ2) is 14.8. The van der Waals surface area contributed by atoms with Gasteiger partial charge in [-0.2, -0.15) is 0 Å². The molecule has 0 spiro atoms. The number of carbonyl (C=O) groups excluding carboxylic acids is 3. The molecule has 2 rings (SSSR count). The van der Waals surface area contributed by atoms with E-state index in [1.54, 1.807) is 0 Å². The van der Waals surface area contributed by atoms with Crippen molar-refractivity contribution < 1.29 is 63.3 Å². The van der Waals surface area contributed by atoms with Gasteiger partial charge >= 0.3 is 35.5 Å². The molecule has 2 N–H and O–H groups in total. The smallest absolute Gasteiger partial charge is 1.00 e. The van der Waals surface area contributed by atoms with E-state index in [0.717, 1.165) is 6.20 Å².